The van der Waals surface area contributed by atoms with Crippen molar-refractivity contribution < 1.29 is 14.6 Å². The zero-order chi connectivity index (χ0) is 14.4. The number of nitrogens with one attached hydrogen (secondary N) is 1. The van der Waals surface area contributed by atoms with Crippen LogP contribution in [-0.4, -0.2) is 30.3 Å². The van der Waals surface area contributed by atoms with E-state index >= 15 is 0 Å². The first kappa shape index (κ1) is 14.9. The summed E-state index contributed by atoms with van der Waals surface area (Å²) in [6.07, 6.45) is 4.86. The molecule has 4 nitrogen and oxygen atoms in total. The molecule has 20 heavy (non-hydrogen) atoms. The number of rotatable bonds is 7. The molecule has 0 unspecified atom stereocenters. The fourth-order valence-corrected chi connectivity index (χ4v) is 2.36. The Morgan fingerprint density at radius 1 is 1.35 bits per heavy atom. The van der Waals surface area contributed by atoms with Crippen LogP contribution in [0.15, 0.2) is 24.3 Å². The standard InChI is InChI=1S/C16H23NO3/c1-20-14-8-6-13(7-9-14)4-2-5-15(18)17-12-16(19)10-3-11-16/h6-9,19H,2-5,10-12H2,1H3,(H,17,18). The van der Waals surface area contributed by atoms with Gasteiger partial charge in [0.2, 0.25) is 5.91 Å². The monoisotopic (exact) mass is 277 g/mol. The Morgan fingerprint density at radius 2 is 2.05 bits per heavy atom. The van der Waals surface area contributed by atoms with Crippen LogP contribution in [0.5, 0.6) is 5.75 Å². The van der Waals surface area contributed by atoms with Gasteiger partial charge in [0, 0.05) is 13.0 Å². The quantitative estimate of drug-likeness (QED) is 0.802. The molecule has 4 heteroatoms. The molecule has 0 aromatic heterocycles. The second-order valence-corrected chi connectivity index (χ2v) is 5.56. The smallest absolute Gasteiger partial charge is 0.220 e. The van der Waals surface area contributed by atoms with Gasteiger partial charge in [-0.15, -0.1) is 0 Å². The second-order valence-electron chi connectivity index (χ2n) is 5.56. The first-order chi connectivity index (χ1) is 9.61. The number of aliphatic hydroxyl groups is 1. The van der Waals surface area contributed by atoms with Crippen molar-refractivity contribution in [2.45, 2.75) is 44.1 Å². The summed E-state index contributed by atoms with van der Waals surface area (Å²) in [5, 5.41) is 12.7. The van der Waals surface area contributed by atoms with Crippen molar-refractivity contribution in [2.75, 3.05) is 13.7 Å². The van der Waals surface area contributed by atoms with Crippen molar-refractivity contribution in [3.05, 3.63) is 29.8 Å². The molecule has 0 saturated heterocycles. The van der Waals surface area contributed by atoms with E-state index < -0.39 is 5.60 Å². The van der Waals surface area contributed by atoms with Crippen LogP contribution in [0.3, 0.4) is 0 Å². The summed E-state index contributed by atoms with van der Waals surface area (Å²) < 4.78 is 5.10. The minimum Gasteiger partial charge on any atom is -0.497 e. The van der Waals surface area contributed by atoms with Crippen LogP contribution in [0.2, 0.25) is 0 Å². The average molecular weight is 277 g/mol. The molecule has 0 spiro atoms. The highest BCUT2D eigenvalue weighted by atomic mass is 16.5. The predicted molar refractivity (Wildman–Crippen MR) is 77.7 cm³/mol. The molecule has 1 aliphatic carbocycles. The zero-order valence-electron chi connectivity index (χ0n) is 12.0. The van der Waals surface area contributed by atoms with E-state index in [1.807, 2.05) is 24.3 Å². The Kier molecular flexibility index (Phi) is 5.01. The van der Waals surface area contributed by atoms with Crippen LogP contribution in [0.4, 0.5) is 0 Å². The molecule has 1 amide bonds. The molecule has 2 N–H and O–H groups in total. The Balaban J connectivity index is 1.63. The minimum atomic E-state index is -0.633. The van der Waals surface area contributed by atoms with Gasteiger partial charge in [0.05, 0.1) is 12.7 Å². The second kappa shape index (κ2) is 6.75. The van der Waals surface area contributed by atoms with E-state index in [0.717, 1.165) is 37.9 Å². The van der Waals surface area contributed by atoms with Gasteiger partial charge in [-0.2, -0.15) is 0 Å². The van der Waals surface area contributed by atoms with E-state index in [1.54, 1.807) is 7.11 Å². The van der Waals surface area contributed by atoms with Crippen LogP contribution in [-0.2, 0) is 11.2 Å². The minimum absolute atomic E-state index is 0.0267. The summed E-state index contributed by atoms with van der Waals surface area (Å²) in [6, 6.07) is 7.91. The van der Waals surface area contributed by atoms with E-state index in [-0.39, 0.29) is 5.91 Å². The lowest BCUT2D eigenvalue weighted by molar-refractivity contribution is -0.123. The third kappa shape index (κ3) is 4.23. The molecule has 0 heterocycles. The number of hydrogen-bond acceptors (Lipinski definition) is 3. The molecule has 0 atom stereocenters. The van der Waals surface area contributed by atoms with Gasteiger partial charge in [0.25, 0.3) is 0 Å². The van der Waals surface area contributed by atoms with Crippen LogP contribution in [0.25, 0.3) is 0 Å². The fourth-order valence-electron chi connectivity index (χ4n) is 2.36. The van der Waals surface area contributed by atoms with Gasteiger partial charge in [-0.05, 0) is 49.8 Å². The maximum absolute atomic E-state index is 11.7. The largest absolute Gasteiger partial charge is 0.497 e. The van der Waals surface area contributed by atoms with Gasteiger partial charge < -0.3 is 15.2 Å². The molecular weight excluding hydrogens is 254 g/mol. The normalized spacial score (nSPS) is 16.3. The lowest BCUT2D eigenvalue weighted by atomic mass is 9.80. The molecule has 0 radical (unpaired) electrons. The molecule has 110 valence electrons. The van der Waals surface area contributed by atoms with Crippen molar-refractivity contribution in [1.82, 2.24) is 5.32 Å². The summed E-state index contributed by atoms with van der Waals surface area (Å²) in [5.41, 5.74) is 0.572. The number of carbonyl (C=O) groups is 1. The number of amides is 1. The van der Waals surface area contributed by atoms with E-state index in [1.165, 1.54) is 5.56 Å². The molecule has 1 aromatic rings. The van der Waals surface area contributed by atoms with Crippen LogP contribution in [0, 0.1) is 0 Å². The highest BCUT2D eigenvalue weighted by Gasteiger charge is 2.34. The maximum Gasteiger partial charge on any atom is 0.220 e. The van der Waals surface area contributed by atoms with E-state index in [9.17, 15) is 9.90 Å². The number of hydrogen-bond donors (Lipinski definition) is 2. The molecule has 1 saturated carbocycles. The number of ether oxygens (including phenoxy) is 1. The Morgan fingerprint density at radius 3 is 2.60 bits per heavy atom. The number of carbonyl (C=O) groups excluding carboxylic acids is 1. The van der Waals surface area contributed by atoms with Crippen LogP contribution < -0.4 is 10.1 Å². The topological polar surface area (TPSA) is 58.6 Å². The molecule has 1 aromatic carbocycles. The number of methoxy groups -OCH3 is 1. The highest BCUT2D eigenvalue weighted by molar-refractivity contribution is 5.75. The maximum atomic E-state index is 11.7. The molecule has 0 aliphatic heterocycles. The Labute approximate surface area is 120 Å². The summed E-state index contributed by atoms with van der Waals surface area (Å²) in [4.78, 5) is 11.7. The summed E-state index contributed by atoms with van der Waals surface area (Å²) in [6.45, 7) is 0.397. The summed E-state index contributed by atoms with van der Waals surface area (Å²) >= 11 is 0. The third-order valence-corrected chi connectivity index (χ3v) is 3.93. The van der Waals surface area contributed by atoms with E-state index in [0.29, 0.717) is 13.0 Å². The van der Waals surface area contributed by atoms with Gasteiger partial charge in [-0.1, -0.05) is 12.1 Å². The van der Waals surface area contributed by atoms with Crippen molar-refractivity contribution >= 4 is 5.91 Å². The Hall–Kier alpha value is -1.55. The summed E-state index contributed by atoms with van der Waals surface area (Å²) in [7, 11) is 1.65. The molecule has 0 bridgehead atoms. The first-order valence-electron chi connectivity index (χ1n) is 7.23. The van der Waals surface area contributed by atoms with Gasteiger partial charge >= 0.3 is 0 Å². The summed E-state index contributed by atoms with van der Waals surface area (Å²) in [5.74, 6) is 0.874. The zero-order valence-corrected chi connectivity index (χ0v) is 12.0. The van der Waals surface area contributed by atoms with Gasteiger partial charge in [0.15, 0.2) is 0 Å². The molecule has 2 rings (SSSR count). The lowest BCUT2D eigenvalue weighted by Gasteiger charge is -2.36. The fraction of sp³-hybridized carbons (Fsp3) is 0.562. The van der Waals surface area contributed by atoms with E-state index in [4.69, 9.17) is 4.74 Å². The Bertz CT molecular complexity index is 438. The van der Waals surface area contributed by atoms with Gasteiger partial charge in [-0.25, -0.2) is 0 Å². The van der Waals surface area contributed by atoms with Crippen molar-refractivity contribution in [1.29, 1.82) is 0 Å². The van der Waals surface area contributed by atoms with Gasteiger partial charge in [0.1, 0.15) is 5.75 Å². The molecule has 1 fully saturated rings. The van der Waals surface area contributed by atoms with Crippen LogP contribution >= 0.6 is 0 Å². The highest BCUT2D eigenvalue weighted by Crippen LogP contribution is 2.30. The predicted octanol–water partition coefficient (Wildman–Crippen LogP) is 2.05. The molecular formula is C16H23NO3. The third-order valence-electron chi connectivity index (χ3n) is 3.93. The first-order valence-corrected chi connectivity index (χ1v) is 7.23. The molecule has 1 aliphatic rings. The number of benzene rings is 1. The van der Waals surface area contributed by atoms with Crippen LogP contribution in [0.1, 0.15) is 37.7 Å². The van der Waals surface area contributed by atoms with Crippen molar-refractivity contribution in [3.63, 3.8) is 0 Å². The van der Waals surface area contributed by atoms with Gasteiger partial charge in [-0.3, -0.25) is 4.79 Å². The SMILES string of the molecule is COc1ccc(CCCC(=O)NCC2(O)CCC2)cc1. The van der Waals surface area contributed by atoms with E-state index in [2.05, 4.69) is 5.32 Å². The average Bonchev–Trinajstić information content (AvgIpc) is 2.44. The number of aryl methyl sites for hydroxylation is 1. The van der Waals surface area contributed by atoms with Crippen molar-refractivity contribution in [2.24, 2.45) is 0 Å². The lowest BCUT2D eigenvalue weighted by Crippen LogP contribution is -2.47. The van der Waals surface area contributed by atoms with Crippen molar-refractivity contribution in [3.8, 4) is 5.75 Å².